The number of anilines is 1. The SMILES string of the molecule is CC.CC.CC(=Nc1c(C)cc(F)cc1CF)C(F)(F)c1nc2ccc(C(=O)N3CCN(c4ccc(CF)cc4)CC3)cc2n1C. The molecule has 1 aromatic heterocycles. The molecule has 1 amide bonds. The number of nitrogens with zero attached hydrogens (tertiary/aromatic N) is 5. The Balaban J connectivity index is 0.00000139. The molecule has 1 aliphatic rings. The zero-order valence-corrected chi connectivity index (χ0v) is 27.5. The second-order valence-corrected chi connectivity index (χ2v) is 10.4. The highest BCUT2D eigenvalue weighted by Crippen LogP contribution is 2.35. The van der Waals surface area contributed by atoms with Crippen LogP contribution < -0.4 is 4.90 Å². The van der Waals surface area contributed by atoms with Gasteiger partial charge in [-0.15, -0.1) is 0 Å². The van der Waals surface area contributed by atoms with Crippen LogP contribution in [0.2, 0.25) is 0 Å². The van der Waals surface area contributed by atoms with Gasteiger partial charge in [-0.3, -0.25) is 9.79 Å². The second-order valence-electron chi connectivity index (χ2n) is 10.4. The highest BCUT2D eigenvalue weighted by molar-refractivity contribution is 5.98. The van der Waals surface area contributed by atoms with Crippen molar-refractivity contribution in [3.63, 3.8) is 0 Å². The van der Waals surface area contributed by atoms with E-state index in [0.717, 1.165) is 24.7 Å². The van der Waals surface area contributed by atoms with Crippen molar-refractivity contribution in [2.45, 2.75) is 60.8 Å². The largest absolute Gasteiger partial charge is 0.368 e. The van der Waals surface area contributed by atoms with Gasteiger partial charge in [0, 0.05) is 50.0 Å². The fourth-order valence-corrected chi connectivity index (χ4v) is 5.22. The Hall–Kier alpha value is -4.28. The third-order valence-corrected chi connectivity index (χ3v) is 7.65. The zero-order valence-electron chi connectivity index (χ0n) is 27.5. The summed E-state index contributed by atoms with van der Waals surface area (Å²) in [7, 11) is 1.43. The lowest BCUT2D eigenvalue weighted by molar-refractivity contribution is 0.0624. The van der Waals surface area contributed by atoms with E-state index in [1.165, 1.54) is 24.6 Å². The Morgan fingerprint density at radius 1 is 0.913 bits per heavy atom. The van der Waals surface area contributed by atoms with Crippen molar-refractivity contribution in [2.75, 3.05) is 31.1 Å². The van der Waals surface area contributed by atoms with Gasteiger partial charge in [0.1, 0.15) is 19.2 Å². The molecule has 248 valence electrons. The molecule has 6 nitrogen and oxygen atoms in total. The number of aromatic nitrogens is 2. The van der Waals surface area contributed by atoms with Gasteiger partial charge >= 0.3 is 5.92 Å². The van der Waals surface area contributed by atoms with Gasteiger partial charge in [-0.25, -0.2) is 18.2 Å². The van der Waals surface area contributed by atoms with E-state index in [1.54, 1.807) is 29.2 Å². The van der Waals surface area contributed by atoms with E-state index < -0.39 is 36.6 Å². The van der Waals surface area contributed by atoms with Gasteiger partial charge in [-0.2, -0.15) is 8.78 Å². The van der Waals surface area contributed by atoms with E-state index in [0.29, 0.717) is 42.8 Å². The van der Waals surface area contributed by atoms with Crippen LogP contribution in [0.25, 0.3) is 11.0 Å². The molecule has 0 atom stereocenters. The van der Waals surface area contributed by atoms with E-state index in [-0.39, 0.29) is 28.2 Å². The highest BCUT2D eigenvalue weighted by atomic mass is 19.3. The Morgan fingerprint density at radius 3 is 2.13 bits per heavy atom. The molecule has 0 spiro atoms. The number of aryl methyl sites for hydroxylation is 2. The van der Waals surface area contributed by atoms with Crippen LogP contribution >= 0.6 is 0 Å². The van der Waals surface area contributed by atoms with Crippen molar-refractivity contribution in [1.29, 1.82) is 0 Å². The van der Waals surface area contributed by atoms with E-state index in [1.807, 2.05) is 39.8 Å². The van der Waals surface area contributed by atoms with Crippen LogP contribution in [0.3, 0.4) is 0 Å². The maximum Gasteiger partial charge on any atom is 0.342 e. The number of benzene rings is 3. The first-order valence-corrected chi connectivity index (χ1v) is 15.5. The number of imidazole rings is 1. The first-order chi connectivity index (χ1) is 22.0. The minimum Gasteiger partial charge on any atom is -0.368 e. The van der Waals surface area contributed by atoms with Crippen molar-refractivity contribution in [3.05, 3.63) is 88.5 Å². The van der Waals surface area contributed by atoms with Crippen LogP contribution in [0, 0.1) is 12.7 Å². The monoisotopic (exact) mass is 643 g/mol. The molecule has 0 unspecified atom stereocenters. The Bertz CT molecular complexity index is 1660. The maximum absolute atomic E-state index is 15.7. The average Bonchev–Trinajstić information content (AvgIpc) is 3.43. The molecular weight excluding hydrogens is 601 g/mol. The number of aliphatic imine (C=N–C) groups is 1. The summed E-state index contributed by atoms with van der Waals surface area (Å²) in [5.41, 5.74) is 1.99. The number of hydrogen-bond acceptors (Lipinski definition) is 4. The van der Waals surface area contributed by atoms with Crippen LogP contribution in [0.4, 0.5) is 33.3 Å². The van der Waals surface area contributed by atoms with Gasteiger partial charge < -0.3 is 14.4 Å². The van der Waals surface area contributed by atoms with Gasteiger partial charge in [0.15, 0.2) is 5.82 Å². The zero-order chi connectivity index (χ0) is 34.2. The van der Waals surface area contributed by atoms with E-state index >= 15 is 8.78 Å². The van der Waals surface area contributed by atoms with E-state index in [2.05, 4.69) is 14.9 Å². The van der Waals surface area contributed by atoms with E-state index in [9.17, 15) is 18.0 Å². The summed E-state index contributed by atoms with van der Waals surface area (Å²) in [4.78, 5) is 25.3. The number of rotatable bonds is 7. The van der Waals surface area contributed by atoms with Gasteiger partial charge in [-0.05, 0) is 67.4 Å². The van der Waals surface area contributed by atoms with Crippen LogP contribution in [0.5, 0.6) is 0 Å². The molecule has 0 radical (unpaired) electrons. The first-order valence-electron chi connectivity index (χ1n) is 15.5. The number of piperazine rings is 1. The molecule has 2 heterocycles. The third-order valence-electron chi connectivity index (χ3n) is 7.65. The van der Waals surface area contributed by atoms with Crippen LogP contribution in [-0.2, 0) is 26.3 Å². The highest BCUT2D eigenvalue weighted by Gasteiger charge is 2.41. The first kappa shape index (κ1) is 36.2. The minimum absolute atomic E-state index is 0.0420. The number of carbonyl (C=O) groups is 1. The molecule has 3 aromatic carbocycles. The molecule has 11 heteroatoms. The lowest BCUT2D eigenvalue weighted by atomic mass is 10.1. The fraction of sp³-hybridized carbons (Fsp3) is 0.400. The van der Waals surface area contributed by atoms with E-state index in [4.69, 9.17) is 0 Å². The quantitative estimate of drug-likeness (QED) is 0.149. The molecule has 0 N–H and O–H groups in total. The number of carbonyl (C=O) groups excluding carboxylic acids is 1. The van der Waals surface area contributed by atoms with Crippen molar-refractivity contribution >= 4 is 34.0 Å². The molecule has 1 aliphatic heterocycles. The van der Waals surface area contributed by atoms with Crippen molar-refractivity contribution < 1.29 is 26.7 Å². The van der Waals surface area contributed by atoms with Crippen molar-refractivity contribution in [3.8, 4) is 0 Å². The summed E-state index contributed by atoms with van der Waals surface area (Å²) in [6, 6.07) is 13.9. The molecule has 1 saturated heterocycles. The van der Waals surface area contributed by atoms with Crippen LogP contribution in [0.15, 0.2) is 59.6 Å². The Labute approximate surface area is 267 Å². The Morgan fingerprint density at radius 2 is 1.54 bits per heavy atom. The number of amides is 1. The van der Waals surface area contributed by atoms with Gasteiger partial charge in [0.05, 0.1) is 22.4 Å². The van der Waals surface area contributed by atoms with Crippen LogP contribution in [-0.4, -0.2) is 52.2 Å². The van der Waals surface area contributed by atoms with Gasteiger partial charge in [-0.1, -0.05) is 39.8 Å². The molecule has 5 rings (SSSR count). The third kappa shape index (κ3) is 7.57. The summed E-state index contributed by atoms with van der Waals surface area (Å²) >= 11 is 0. The lowest BCUT2D eigenvalue weighted by Crippen LogP contribution is -2.48. The summed E-state index contributed by atoms with van der Waals surface area (Å²) in [6.45, 7) is 11.2. The summed E-state index contributed by atoms with van der Waals surface area (Å²) in [5.74, 6) is -5.11. The molecule has 0 saturated carbocycles. The topological polar surface area (TPSA) is 53.7 Å². The van der Waals surface area contributed by atoms with Crippen molar-refractivity contribution in [1.82, 2.24) is 14.5 Å². The van der Waals surface area contributed by atoms with Crippen molar-refractivity contribution in [2.24, 2.45) is 12.0 Å². The summed E-state index contributed by atoms with van der Waals surface area (Å²) < 4.78 is 72.6. The van der Waals surface area contributed by atoms with Gasteiger partial charge in [0.25, 0.3) is 5.91 Å². The number of alkyl halides is 4. The maximum atomic E-state index is 15.7. The number of halogens is 5. The smallest absolute Gasteiger partial charge is 0.342 e. The summed E-state index contributed by atoms with van der Waals surface area (Å²) in [6.07, 6.45) is 0. The number of hydrogen-bond donors (Lipinski definition) is 0. The molecular formula is C35H42F5N5O. The Kier molecular flexibility index (Phi) is 12.4. The molecule has 0 aliphatic carbocycles. The summed E-state index contributed by atoms with van der Waals surface area (Å²) in [5, 5.41) is 0. The average molecular weight is 644 g/mol. The second kappa shape index (κ2) is 15.8. The van der Waals surface area contributed by atoms with Crippen LogP contribution in [0.1, 0.15) is 67.5 Å². The predicted octanol–water partition coefficient (Wildman–Crippen LogP) is 8.86. The normalized spacial score (nSPS) is 13.6. The molecule has 46 heavy (non-hydrogen) atoms. The lowest BCUT2D eigenvalue weighted by Gasteiger charge is -2.36. The fourth-order valence-electron chi connectivity index (χ4n) is 5.22. The molecule has 1 fully saturated rings. The molecule has 0 bridgehead atoms. The standard InChI is InChI=1S/C31H30F5N5O.2C2H6/c1-19-14-24(34)15-23(18-33)28(19)37-20(2)31(35,36)30-38-26-9-6-22(16-27(26)39(30)3)29(42)41-12-10-40(11-13-41)25-7-4-21(17-32)5-8-25;2*1-2/h4-9,14-16H,10-13,17-18H2,1-3H3;2*1-2H3. The van der Waals surface area contributed by atoms with Gasteiger partial charge in [0.2, 0.25) is 0 Å². The minimum atomic E-state index is -3.63. The molecule has 4 aromatic rings. The predicted molar refractivity (Wildman–Crippen MR) is 175 cm³/mol. The number of fused-ring (bicyclic) bond motifs is 1.